The molecule has 8 heteroatoms. The van der Waals surface area contributed by atoms with E-state index in [0.29, 0.717) is 18.7 Å². The van der Waals surface area contributed by atoms with E-state index in [0.717, 1.165) is 75.1 Å². The van der Waals surface area contributed by atoms with E-state index in [4.69, 9.17) is 4.74 Å². The lowest BCUT2D eigenvalue weighted by molar-refractivity contribution is -0.138. The molecule has 6 rings (SSSR count). The van der Waals surface area contributed by atoms with E-state index in [1.165, 1.54) is 7.11 Å². The van der Waals surface area contributed by atoms with Gasteiger partial charge < -0.3 is 15.0 Å². The Morgan fingerprint density at radius 2 is 1.79 bits per heavy atom. The Hall–Kier alpha value is -3.23. The number of para-hydroxylation sites is 1. The lowest BCUT2D eigenvalue weighted by Gasteiger charge is -2.37. The molecule has 4 heterocycles. The Morgan fingerprint density at radius 1 is 1.00 bits per heavy atom. The molecule has 1 N–H and O–H groups in total. The first-order valence-corrected chi connectivity index (χ1v) is 13.9. The van der Waals surface area contributed by atoms with Crippen LogP contribution in [0, 0.1) is 5.92 Å². The molecule has 38 heavy (non-hydrogen) atoms. The van der Waals surface area contributed by atoms with Crippen LogP contribution in [0.3, 0.4) is 0 Å². The Balaban J connectivity index is 1.27. The van der Waals surface area contributed by atoms with Gasteiger partial charge in [-0.2, -0.15) is 0 Å². The Labute approximate surface area is 223 Å². The third-order valence-corrected chi connectivity index (χ3v) is 8.92. The van der Waals surface area contributed by atoms with Crippen LogP contribution in [0.25, 0.3) is 0 Å². The molecule has 2 bridgehead atoms. The number of anilines is 1. The van der Waals surface area contributed by atoms with E-state index in [2.05, 4.69) is 21.2 Å². The van der Waals surface area contributed by atoms with Crippen LogP contribution in [-0.2, 0) is 26.4 Å². The standard InChI is InChI=1S/C30H36N4O4/c1-38-28(36)22-12-10-21(11-13-22)20-32-15-5-14-31-27(35)25-19-23-7-4-18-34(23)30(25)24-8-2-3-9-26(24)33(29(30)37)17-6-16-32/h2-3,8-13,23,25H,4-7,14-20H2,1H3,(H,31,35)/t23-,25-,30+/m0/s1. The molecule has 2 aromatic carbocycles. The molecule has 8 nitrogen and oxygen atoms in total. The summed E-state index contributed by atoms with van der Waals surface area (Å²) in [5.41, 5.74) is 2.74. The average molecular weight is 517 g/mol. The third-order valence-electron chi connectivity index (χ3n) is 8.92. The summed E-state index contributed by atoms with van der Waals surface area (Å²) in [6.07, 6.45) is 4.55. The zero-order valence-corrected chi connectivity index (χ0v) is 22.0. The molecule has 4 aliphatic rings. The number of carbonyl (C=O) groups excluding carboxylic acids is 3. The predicted octanol–water partition coefficient (Wildman–Crippen LogP) is 2.91. The fourth-order valence-electron chi connectivity index (χ4n) is 7.26. The number of hydrogen-bond acceptors (Lipinski definition) is 6. The summed E-state index contributed by atoms with van der Waals surface area (Å²) in [5, 5.41) is 3.21. The fourth-order valence-corrected chi connectivity index (χ4v) is 7.26. The van der Waals surface area contributed by atoms with Crippen LogP contribution in [0.1, 0.15) is 53.6 Å². The van der Waals surface area contributed by atoms with E-state index >= 15 is 0 Å². The van der Waals surface area contributed by atoms with Gasteiger partial charge in [0.25, 0.3) is 5.91 Å². The van der Waals surface area contributed by atoms with Crippen molar-refractivity contribution in [3.05, 3.63) is 65.2 Å². The second kappa shape index (κ2) is 10.2. The fraction of sp³-hybridized carbons (Fsp3) is 0.500. The molecule has 0 unspecified atom stereocenters. The van der Waals surface area contributed by atoms with Gasteiger partial charge in [0.05, 0.1) is 18.6 Å². The summed E-state index contributed by atoms with van der Waals surface area (Å²) in [6, 6.07) is 15.9. The van der Waals surface area contributed by atoms with Gasteiger partial charge in [0.1, 0.15) is 5.54 Å². The number of nitrogens with zero attached hydrogens (tertiary/aromatic N) is 3. The summed E-state index contributed by atoms with van der Waals surface area (Å²) in [7, 11) is 1.38. The number of benzene rings is 2. The molecule has 3 saturated heterocycles. The minimum atomic E-state index is -0.878. The number of carbonyl (C=O) groups is 3. The number of ether oxygens (including phenoxy) is 1. The van der Waals surface area contributed by atoms with Gasteiger partial charge in [-0.3, -0.25) is 19.4 Å². The number of nitrogens with one attached hydrogen (secondary N) is 1. The first-order valence-electron chi connectivity index (χ1n) is 13.9. The second-order valence-electron chi connectivity index (χ2n) is 11.0. The molecule has 3 fully saturated rings. The van der Waals surface area contributed by atoms with E-state index in [-0.39, 0.29) is 29.7 Å². The lowest BCUT2D eigenvalue weighted by atomic mass is 9.78. The number of amides is 2. The summed E-state index contributed by atoms with van der Waals surface area (Å²) >= 11 is 0. The van der Waals surface area contributed by atoms with Crippen LogP contribution < -0.4 is 10.2 Å². The van der Waals surface area contributed by atoms with Crippen molar-refractivity contribution < 1.29 is 19.1 Å². The highest BCUT2D eigenvalue weighted by atomic mass is 16.5. The zero-order chi connectivity index (χ0) is 26.3. The molecule has 1 spiro atoms. The van der Waals surface area contributed by atoms with E-state index < -0.39 is 5.54 Å². The summed E-state index contributed by atoms with van der Waals surface area (Å²) in [4.78, 5) is 46.6. The van der Waals surface area contributed by atoms with Crippen LogP contribution in [0.2, 0.25) is 0 Å². The summed E-state index contributed by atoms with van der Waals surface area (Å²) < 4.78 is 4.81. The van der Waals surface area contributed by atoms with E-state index in [9.17, 15) is 14.4 Å². The van der Waals surface area contributed by atoms with Gasteiger partial charge in [-0.15, -0.1) is 0 Å². The monoisotopic (exact) mass is 516 g/mol. The van der Waals surface area contributed by atoms with Gasteiger partial charge in [0.2, 0.25) is 5.91 Å². The first kappa shape index (κ1) is 25.1. The molecule has 0 radical (unpaired) electrons. The molecule has 0 aromatic heterocycles. The second-order valence-corrected chi connectivity index (χ2v) is 11.0. The van der Waals surface area contributed by atoms with Crippen molar-refractivity contribution in [2.24, 2.45) is 5.92 Å². The van der Waals surface area contributed by atoms with Gasteiger partial charge in [-0.25, -0.2) is 4.79 Å². The van der Waals surface area contributed by atoms with Crippen molar-refractivity contribution in [1.82, 2.24) is 15.1 Å². The molecular formula is C30H36N4O4. The minimum Gasteiger partial charge on any atom is -0.465 e. The van der Waals surface area contributed by atoms with Gasteiger partial charge >= 0.3 is 5.97 Å². The minimum absolute atomic E-state index is 0.00796. The highest BCUT2D eigenvalue weighted by Crippen LogP contribution is 2.57. The summed E-state index contributed by atoms with van der Waals surface area (Å²) in [5.74, 6) is -0.620. The lowest BCUT2D eigenvalue weighted by Crippen LogP contribution is -2.56. The maximum atomic E-state index is 14.4. The van der Waals surface area contributed by atoms with Crippen molar-refractivity contribution in [3.8, 4) is 0 Å². The topological polar surface area (TPSA) is 82.2 Å². The van der Waals surface area contributed by atoms with Gasteiger partial charge in [0.15, 0.2) is 0 Å². The van der Waals surface area contributed by atoms with Crippen LogP contribution >= 0.6 is 0 Å². The number of fused-ring (bicyclic) bond motifs is 4. The van der Waals surface area contributed by atoms with E-state index in [1.54, 1.807) is 12.1 Å². The third kappa shape index (κ3) is 4.01. The molecular weight excluding hydrogens is 480 g/mol. The van der Waals surface area contributed by atoms with Crippen molar-refractivity contribution in [2.75, 3.05) is 44.7 Å². The Bertz CT molecular complexity index is 1230. The molecule has 200 valence electrons. The zero-order valence-electron chi connectivity index (χ0n) is 22.0. The number of hydrogen-bond donors (Lipinski definition) is 1. The number of rotatable bonds is 3. The largest absolute Gasteiger partial charge is 0.465 e. The molecule has 0 saturated carbocycles. The Kier molecular flexibility index (Phi) is 6.70. The molecule has 4 aliphatic heterocycles. The van der Waals surface area contributed by atoms with Crippen molar-refractivity contribution in [1.29, 1.82) is 0 Å². The highest BCUT2D eigenvalue weighted by molar-refractivity contribution is 6.10. The predicted molar refractivity (Wildman–Crippen MR) is 144 cm³/mol. The number of methoxy groups -OCH3 is 1. The van der Waals surface area contributed by atoms with E-state index in [1.807, 2.05) is 35.2 Å². The maximum absolute atomic E-state index is 14.4. The maximum Gasteiger partial charge on any atom is 0.337 e. The molecule has 2 amide bonds. The average Bonchev–Trinajstić information content (AvgIpc) is 3.59. The smallest absolute Gasteiger partial charge is 0.337 e. The van der Waals surface area contributed by atoms with Crippen LogP contribution in [0.15, 0.2) is 48.5 Å². The van der Waals surface area contributed by atoms with Crippen molar-refractivity contribution in [2.45, 2.75) is 50.2 Å². The normalized spacial score (nSPS) is 28.0. The van der Waals surface area contributed by atoms with Crippen LogP contribution in [-0.4, -0.2) is 73.5 Å². The number of esters is 1. The quantitative estimate of drug-likeness (QED) is 0.632. The first-order chi connectivity index (χ1) is 18.5. The van der Waals surface area contributed by atoms with Crippen LogP contribution in [0.5, 0.6) is 0 Å². The van der Waals surface area contributed by atoms with Crippen molar-refractivity contribution >= 4 is 23.5 Å². The van der Waals surface area contributed by atoms with Gasteiger partial charge in [0, 0.05) is 50.0 Å². The molecule has 0 aliphatic carbocycles. The van der Waals surface area contributed by atoms with Gasteiger partial charge in [-0.1, -0.05) is 30.3 Å². The van der Waals surface area contributed by atoms with Crippen LogP contribution in [0.4, 0.5) is 5.69 Å². The Morgan fingerprint density at radius 3 is 2.61 bits per heavy atom. The summed E-state index contributed by atoms with van der Waals surface area (Å²) in [6.45, 7) is 4.50. The SMILES string of the molecule is COC(=O)c1ccc(CN2CCCNC(=O)[C@@H]3C[C@@H]4CCCN4[C@@]34C(=O)N(CCC2)c2ccccc24)cc1. The molecule has 3 atom stereocenters. The van der Waals surface area contributed by atoms with Gasteiger partial charge in [-0.05, 0) is 62.4 Å². The highest BCUT2D eigenvalue weighted by Gasteiger charge is 2.66. The van der Waals surface area contributed by atoms with Crippen molar-refractivity contribution in [3.63, 3.8) is 0 Å². The molecule has 2 aromatic rings.